The number of aromatic amines is 1. The first kappa shape index (κ1) is 55.8. The molecular formula is C37H56FFeN9O17+3. The van der Waals surface area contributed by atoms with Gasteiger partial charge in [0.05, 0.1) is 6.20 Å². The second kappa shape index (κ2) is 26.0. The molecule has 1 aliphatic heterocycles. The molecule has 4 amide bonds. The van der Waals surface area contributed by atoms with Gasteiger partial charge in [0.2, 0.25) is 29.4 Å². The molecule has 1 aliphatic rings. The van der Waals surface area contributed by atoms with Crippen LogP contribution in [0, 0.1) is 11.7 Å². The largest absolute Gasteiger partial charge is 3.00 e. The van der Waals surface area contributed by atoms with Crippen molar-refractivity contribution in [3.8, 4) is 0 Å². The Labute approximate surface area is 379 Å². The molecule has 28 heteroatoms. The Morgan fingerprint density at radius 2 is 1.23 bits per heavy atom. The molecule has 7 N–H and O–H groups in total. The van der Waals surface area contributed by atoms with Gasteiger partial charge in [-0.3, -0.25) is 49.1 Å². The van der Waals surface area contributed by atoms with Gasteiger partial charge in [0, 0.05) is 66.0 Å². The number of carbonyl (C=O) groups is 5. The van der Waals surface area contributed by atoms with Gasteiger partial charge in [-0.25, -0.2) is 52.9 Å². The summed E-state index contributed by atoms with van der Waals surface area (Å²) in [5.41, 5.74) is -5.23. The molecule has 5 atom stereocenters. The number of halogens is 1. The second-order valence-corrected chi connectivity index (χ2v) is 15.3. The minimum atomic E-state index is -1.80. The monoisotopic (exact) mass is 973 g/mol. The maximum absolute atomic E-state index is 13.8. The topological polar surface area (TPSA) is 348 Å². The summed E-state index contributed by atoms with van der Waals surface area (Å²) in [6.45, 7) is 3.76. The zero-order chi connectivity index (χ0) is 48.0. The van der Waals surface area contributed by atoms with E-state index < -0.39 is 120 Å². The van der Waals surface area contributed by atoms with Gasteiger partial charge in [0.1, 0.15) is 31.0 Å². The molecule has 0 spiro atoms. The summed E-state index contributed by atoms with van der Waals surface area (Å²) >= 11 is 0. The van der Waals surface area contributed by atoms with Gasteiger partial charge in [-0.15, -0.1) is 0 Å². The summed E-state index contributed by atoms with van der Waals surface area (Å²) in [6.07, 6.45) is -6.25. The number of carbonyl (C=O) groups excluding carboxylic acids is 5. The fourth-order valence-electron chi connectivity index (χ4n) is 6.38. The number of amides is 4. The fourth-order valence-corrected chi connectivity index (χ4v) is 6.38. The Hall–Kier alpha value is -5.35. The van der Waals surface area contributed by atoms with Crippen LogP contribution in [-0.4, -0.2) is 144 Å². The molecule has 3 heterocycles. The summed E-state index contributed by atoms with van der Waals surface area (Å²) < 4.78 is 27.4. The van der Waals surface area contributed by atoms with Crippen molar-refractivity contribution in [3.05, 3.63) is 64.3 Å². The van der Waals surface area contributed by atoms with E-state index in [-0.39, 0.29) is 94.9 Å². The normalized spacial score (nSPS) is 17.3. The first-order valence-electron chi connectivity index (χ1n) is 20.4. The van der Waals surface area contributed by atoms with E-state index in [0.717, 1.165) is 27.5 Å². The predicted octanol–water partition coefficient (Wildman–Crippen LogP) is -3.02. The van der Waals surface area contributed by atoms with Gasteiger partial charge in [-0.1, -0.05) is 13.8 Å². The molecule has 0 aromatic carbocycles. The molecule has 2 aromatic heterocycles. The van der Waals surface area contributed by atoms with Crippen LogP contribution < -0.4 is 33.6 Å². The van der Waals surface area contributed by atoms with Crippen LogP contribution in [0.25, 0.3) is 0 Å². The van der Waals surface area contributed by atoms with Crippen LogP contribution in [-0.2, 0) is 70.1 Å². The van der Waals surface area contributed by atoms with Crippen LogP contribution in [0.3, 0.4) is 0 Å². The van der Waals surface area contributed by atoms with E-state index in [1.807, 2.05) is 0 Å². The Bertz CT molecular complexity index is 2210. The average Bonchev–Trinajstić information content (AvgIpc) is 3.52. The second-order valence-electron chi connectivity index (χ2n) is 15.3. The fraction of sp³-hybridized carbons (Fsp3) is 0.676. The zero-order valence-electron chi connectivity index (χ0n) is 36.1. The number of rotatable bonds is 24. The van der Waals surface area contributed by atoms with Crippen molar-refractivity contribution < 1.29 is 80.7 Å². The average molecular weight is 974 g/mol. The smallest absolute Gasteiger partial charge is 0.461 e. The molecule has 1 saturated heterocycles. The van der Waals surface area contributed by atoms with E-state index in [1.54, 1.807) is 18.8 Å². The Kier molecular flexibility index (Phi) is 22.3. The molecule has 1 fully saturated rings. The molecule has 2 aromatic rings. The minimum Gasteiger partial charge on any atom is -0.461 e. The Morgan fingerprint density at radius 1 is 0.769 bits per heavy atom. The van der Waals surface area contributed by atoms with Gasteiger partial charge < -0.3 is 25.0 Å². The predicted molar refractivity (Wildman–Crippen MR) is 213 cm³/mol. The molecule has 363 valence electrons. The van der Waals surface area contributed by atoms with Gasteiger partial charge in [-0.2, -0.15) is 4.39 Å². The van der Waals surface area contributed by atoms with E-state index in [1.165, 1.54) is 0 Å². The van der Waals surface area contributed by atoms with Crippen LogP contribution in [0.2, 0.25) is 0 Å². The van der Waals surface area contributed by atoms with Crippen molar-refractivity contribution >= 4 is 29.6 Å². The van der Waals surface area contributed by atoms with Gasteiger partial charge in [0.25, 0.3) is 5.56 Å². The summed E-state index contributed by atoms with van der Waals surface area (Å²) in [7, 11) is 0. The third-order valence-corrected chi connectivity index (χ3v) is 10.1. The SMILES string of the molecule is CC(=O)N(O)CCCCn1c(=O)n(CCCCN(O)C(C)=O)c(=O)n(CCCCN(O)C(=O)CCC(=O)N[C@H](C(=O)OC[C@H]2O[C@@H](n3cc(F)c(=O)[nH]c3=O)[C@H](O)[C@@H]2O)C(C)C)c1=O.[Fe+3]. The Balaban J connectivity index is 0.0000145. The van der Waals surface area contributed by atoms with Crippen molar-refractivity contribution in [2.45, 2.75) is 129 Å². The molecule has 0 aliphatic carbocycles. The first-order valence-corrected chi connectivity index (χ1v) is 20.4. The number of ether oxygens (including phenoxy) is 2. The number of hydroxylamine groups is 6. The van der Waals surface area contributed by atoms with E-state index in [9.17, 15) is 78.2 Å². The van der Waals surface area contributed by atoms with Crippen molar-refractivity contribution in [2.75, 3.05) is 26.2 Å². The van der Waals surface area contributed by atoms with Crippen LogP contribution in [0.4, 0.5) is 4.39 Å². The third kappa shape index (κ3) is 15.7. The van der Waals surface area contributed by atoms with E-state index in [4.69, 9.17) is 9.47 Å². The van der Waals surface area contributed by atoms with Crippen LogP contribution in [0.15, 0.2) is 30.2 Å². The Morgan fingerprint density at radius 3 is 1.68 bits per heavy atom. The van der Waals surface area contributed by atoms with E-state index in [2.05, 4.69) is 5.32 Å². The number of hydrogen-bond acceptors (Lipinski definition) is 17. The van der Waals surface area contributed by atoms with Crippen molar-refractivity contribution in [1.29, 1.82) is 0 Å². The number of aliphatic hydroxyl groups is 2. The van der Waals surface area contributed by atoms with Crippen molar-refractivity contribution in [2.24, 2.45) is 5.92 Å². The number of hydrogen-bond donors (Lipinski definition) is 7. The number of nitrogens with zero attached hydrogens (tertiary/aromatic N) is 7. The molecule has 0 saturated carbocycles. The molecule has 26 nitrogen and oxygen atoms in total. The minimum absolute atomic E-state index is 0. The van der Waals surface area contributed by atoms with Crippen LogP contribution in [0.1, 0.15) is 85.3 Å². The van der Waals surface area contributed by atoms with E-state index >= 15 is 0 Å². The van der Waals surface area contributed by atoms with Crippen molar-refractivity contribution in [3.63, 3.8) is 0 Å². The standard InChI is InChI=1S/C37H56FN9O17.Fe/c1-21(2)28(33(55)63-20-25-29(52)30(53)32(64-25)44-19-24(38)31(54)40-34(44)56)39-26(50)11-12-27(51)47(62)18-10-7-15-43-36(58)41(13-5-8-16-45(60)22(3)48)35(57)42(37(43)59)14-6-9-17-46(61)23(4)49;/h19,21,25,28-30,32,52-53,60-62H,5-18,20H2,1-4H3,(H,39,50)(H,40,54,56);/q;+3/t25-,28+,29-,30-,32-;/m1./s1. The molecule has 0 bridgehead atoms. The number of aliphatic hydroxyl groups excluding tert-OH is 2. The van der Waals surface area contributed by atoms with Gasteiger partial charge in [0.15, 0.2) is 6.23 Å². The maximum Gasteiger partial charge on any atom is 3.00 e. The zero-order valence-corrected chi connectivity index (χ0v) is 37.2. The van der Waals surface area contributed by atoms with Crippen LogP contribution >= 0.6 is 0 Å². The number of unbranched alkanes of at least 4 members (excludes halogenated alkanes) is 3. The van der Waals surface area contributed by atoms with Gasteiger partial charge in [-0.05, 0) is 44.4 Å². The summed E-state index contributed by atoms with van der Waals surface area (Å²) in [5.74, 6) is -5.80. The number of aromatic nitrogens is 5. The first-order chi connectivity index (χ1) is 30.1. The number of H-pyrrole nitrogens is 1. The molecule has 3 rings (SSSR count). The van der Waals surface area contributed by atoms with E-state index in [0.29, 0.717) is 26.0 Å². The summed E-state index contributed by atoms with van der Waals surface area (Å²) in [4.78, 5) is 126. The number of esters is 1. The maximum atomic E-state index is 13.8. The molecule has 1 radical (unpaired) electrons. The van der Waals surface area contributed by atoms with Gasteiger partial charge >= 0.3 is 45.8 Å². The molecule has 0 unspecified atom stereocenters. The quantitative estimate of drug-likeness (QED) is 0.0181. The molecule has 65 heavy (non-hydrogen) atoms. The summed E-state index contributed by atoms with van der Waals surface area (Å²) in [6, 6.07) is -1.28. The third-order valence-electron chi connectivity index (χ3n) is 10.1. The number of nitrogens with one attached hydrogen (secondary N) is 2. The van der Waals surface area contributed by atoms with Crippen molar-refractivity contribution in [1.82, 2.24) is 43.8 Å². The summed E-state index contributed by atoms with van der Waals surface area (Å²) in [5, 5.41) is 54.1. The van der Waals surface area contributed by atoms with Crippen LogP contribution in [0.5, 0.6) is 0 Å². The molecular weight excluding hydrogens is 917 g/mol.